The van der Waals surface area contributed by atoms with E-state index >= 15 is 0 Å². The molecule has 3 rings (SSSR count). The number of fused-ring (bicyclic) bond motifs is 1. The second kappa shape index (κ2) is 9.21. The van der Waals surface area contributed by atoms with Gasteiger partial charge in [0.2, 0.25) is 0 Å². The molecule has 4 N–H and O–H groups in total. The molecule has 1 fully saturated rings. The molecule has 3 heterocycles. The Morgan fingerprint density at radius 3 is 2.81 bits per heavy atom. The van der Waals surface area contributed by atoms with Crippen LogP contribution in [0.2, 0.25) is 0 Å². The molecule has 0 bridgehead atoms. The molecule has 27 heavy (non-hydrogen) atoms. The minimum absolute atomic E-state index is 0.0101. The van der Waals surface area contributed by atoms with Crippen LogP contribution in [0.1, 0.15) is 58.8 Å². The van der Waals surface area contributed by atoms with E-state index in [9.17, 15) is 4.79 Å². The molecule has 0 radical (unpaired) electrons. The van der Waals surface area contributed by atoms with Gasteiger partial charge in [0.1, 0.15) is 5.52 Å². The van der Waals surface area contributed by atoms with Crippen molar-refractivity contribution >= 4 is 17.0 Å². The van der Waals surface area contributed by atoms with E-state index in [2.05, 4.69) is 27.2 Å². The lowest BCUT2D eigenvalue weighted by atomic mass is 9.92. The number of unbranched alkanes of at least 4 members (excludes halogenated alkanes) is 1. The first-order valence-electron chi connectivity index (χ1n) is 10.2. The third kappa shape index (κ3) is 5.00. The number of ether oxygens (including phenoxy) is 1. The maximum atomic E-state index is 12.4. The van der Waals surface area contributed by atoms with Gasteiger partial charge >= 0.3 is 11.7 Å². The second-order valence-corrected chi connectivity index (χ2v) is 7.58. The van der Waals surface area contributed by atoms with Gasteiger partial charge in [0.05, 0.1) is 6.10 Å². The highest BCUT2D eigenvalue weighted by molar-refractivity contribution is 5.81. The normalized spacial score (nSPS) is 16.7. The number of aromatic nitrogens is 4. The molecule has 0 amide bonds. The van der Waals surface area contributed by atoms with Crippen molar-refractivity contribution in [2.45, 2.75) is 71.4 Å². The van der Waals surface area contributed by atoms with Crippen molar-refractivity contribution in [1.82, 2.24) is 24.8 Å². The third-order valence-corrected chi connectivity index (χ3v) is 5.33. The molecular weight excluding hydrogens is 344 g/mol. The zero-order valence-electron chi connectivity index (χ0n) is 16.5. The van der Waals surface area contributed by atoms with Crippen LogP contribution < -0.4 is 21.5 Å². The maximum Gasteiger partial charge on any atom is 0.327 e. The molecule has 2 aromatic rings. The van der Waals surface area contributed by atoms with Crippen molar-refractivity contribution in [2.75, 3.05) is 18.8 Å². The molecule has 1 aliphatic rings. The van der Waals surface area contributed by atoms with Gasteiger partial charge in [0, 0.05) is 6.54 Å². The number of anilines is 1. The van der Waals surface area contributed by atoms with Crippen LogP contribution in [-0.2, 0) is 6.54 Å². The number of nitrogens with two attached hydrogens (primary N) is 1. The van der Waals surface area contributed by atoms with Crippen molar-refractivity contribution in [2.24, 2.45) is 5.92 Å². The Hall–Kier alpha value is -2.09. The SMILES string of the molecule is CCC[C@H](C)Oc1nc(N)c2[nH]c(=O)n(CCCCC3CCNCC3)c2n1. The number of aromatic amines is 1. The molecule has 0 saturated carbocycles. The van der Waals surface area contributed by atoms with Gasteiger partial charge in [-0.05, 0) is 51.6 Å². The highest BCUT2D eigenvalue weighted by Gasteiger charge is 2.16. The smallest absolute Gasteiger partial charge is 0.327 e. The van der Waals surface area contributed by atoms with Crippen LogP contribution in [-0.4, -0.2) is 38.7 Å². The molecule has 1 atom stereocenters. The van der Waals surface area contributed by atoms with Crippen LogP contribution in [0, 0.1) is 5.92 Å². The van der Waals surface area contributed by atoms with Crippen LogP contribution >= 0.6 is 0 Å². The fraction of sp³-hybridized carbons (Fsp3) is 0.737. The van der Waals surface area contributed by atoms with E-state index in [0.29, 0.717) is 17.7 Å². The molecular formula is C19H32N6O2. The molecule has 0 spiro atoms. The predicted octanol–water partition coefficient (Wildman–Crippen LogP) is 2.44. The van der Waals surface area contributed by atoms with Crippen molar-refractivity contribution in [3.05, 3.63) is 10.5 Å². The number of imidazole rings is 1. The Morgan fingerprint density at radius 1 is 1.30 bits per heavy atom. The molecule has 0 unspecified atom stereocenters. The standard InChI is InChI=1S/C19H32N6O2/c1-3-6-13(2)27-18-23-16(20)15-17(24-18)25(19(26)22-15)12-5-4-7-14-8-10-21-11-9-14/h13-14,21H,3-12H2,1-2H3,(H,22,26)(H2,20,23,24)/t13-/m0/s1. The first kappa shape index (κ1) is 19.7. The number of nitrogens with zero attached hydrogens (tertiary/aromatic N) is 3. The Labute approximate surface area is 159 Å². The number of hydrogen-bond acceptors (Lipinski definition) is 6. The summed E-state index contributed by atoms with van der Waals surface area (Å²) >= 11 is 0. The van der Waals surface area contributed by atoms with Crippen molar-refractivity contribution in [3.8, 4) is 6.01 Å². The third-order valence-electron chi connectivity index (χ3n) is 5.33. The van der Waals surface area contributed by atoms with Crippen LogP contribution in [0.4, 0.5) is 5.82 Å². The molecule has 0 aliphatic carbocycles. The lowest BCUT2D eigenvalue weighted by Gasteiger charge is -2.22. The highest BCUT2D eigenvalue weighted by atomic mass is 16.5. The van der Waals surface area contributed by atoms with Gasteiger partial charge in [-0.15, -0.1) is 0 Å². The first-order chi connectivity index (χ1) is 13.1. The summed E-state index contributed by atoms with van der Waals surface area (Å²) in [7, 11) is 0. The second-order valence-electron chi connectivity index (χ2n) is 7.58. The van der Waals surface area contributed by atoms with E-state index < -0.39 is 0 Å². The molecule has 150 valence electrons. The maximum absolute atomic E-state index is 12.4. The number of rotatable bonds is 9. The van der Waals surface area contributed by atoms with E-state index in [-0.39, 0.29) is 23.6 Å². The summed E-state index contributed by atoms with van der Waals surface area (Å²) in [6.07, 6.45) is 7.74. The molecule has 1 saturated heterocycles. The molecule has 2 aromatic heterocycles. The highest BCUT2D eigenvalue weighted by Crippen LogP contribution is 2.21. The predicted molar refractivity (Wildman–Crippen MR) is 107 cm³/mol. The van der Waals surface area contributed by atoms with Crippen LogP contribution in [0.15, 0.2) is 4.79 Å². The molecule has 8 nitrogen and oxygen atoms in total. The van der Waals surface area contributed by atoms with E-state index in [4.69, 9.17) is 10.5 Å². The lowest BCUT2D eigenvalue weighted by Crippen LogP contribution is -2.27. The summed E-state index contributed by atoms with van der Waals surface area (Å²) in [6, 6.07) is 0.239. The molecule has 0 aromatic carbocycles. The van der Waals surface area contributed by atoms with Gasteiger partial charge in [-0.2, -0.15) is 9.97 Å². The number of H-pyrrole nitrogens is 1. The summed E-state index contributed by atoms with van der Waals surface area (Å²) in [5.74, 6) is 1.06. The Kier molecular flexibility index (Phi) is 6.71. The number of aryl methyl sites for hydroxylation is 1. The zero-order chi connectivity index (χ0) is 19.2. The lowest BCUT2D eigenvalue weighted by molar-refractivity contribution is 0.193. The molecule has 8 heteroatoms. The Bertz CT molecular complexity index is 793. The number of nitrogens with one attached hydrogen (secondary N) is 2. The minimum Gasteiger partial charge on any atom is -0.460 e. The number of nitrogen functional groups attached to an aromatic ring is 1. The van der Waals surface area contributed by atoms with E-state index in [0.717, 1.165) is 44.7 Å². The van der Waals surface area contributed by atoms with Gasteiger partial charge < -0.3 is 20.8 Å². The fourth-order valence-corrected chi connectivity index (χ4v) is 3.81. The topological polar surface area (TPSA) is 111 Å². The first-order valence-corrected chi connectivity index (χ1v) is 10.2. The van der Waals surface area contributed by atoms with Crippen LogP contribution in [0.3, 0.4) is 0 Å². The monoisotopic (exact) mass is 376 g/mol. The molecule has 1 aliphatic heterocycles. The summed E-state index contributed by atoms with van der Waals surface area (Å²) in [5.41, 5.74) is 6.86. The van der Waals surface area contributed by atoms with Crippen molar-refractivity contribution < 1.29 is 4.74 Å². The van der Waals surface area contributed by atoms with Crippen LogP contribution in [0.25, 0.3) is 11.2 Å². The van der Waals surface area contributed by atoms with Gasteiger partial charge in [-0.3, -0.25) is 4.57 Å². The summed E-state index contributed by atoms with van der Waals surface area (Å²) in [4.78, 5) is 23.8. The van der Waals surface area contributed by atoms with E-state index in [1.54, 1.807) is 4.57 Å². The van der Waals surface area contributed by atoms with E-state index in [1.807, 2.05) is 6.92 Å². The fourth-order valence-electron chi connectivity index (χ4n) is 3.81. The van der Waals surface area contributed by atoms with E-state index in [1.165, 1.54) is 19.3 Å². The Morgan fingerprint density at radius 2 is 2.07 bits per heavy atom. The summed E-state index contributed by atoms with van der Waals surface area (Å²) in [6.45, 7) is 6.97. The van der Waals surface area contributed by atoms with Gasteiger partial charge in [-0.1, -0.05) is 26.2 Å². The van der Waals surface area contributed by atoms with Gasteiger partial charge in [0.25, 0.3) is 0 Å². The van der Waals surface area contributed by atoms with Crippen LogP contribution in [0.5, 0.6) is 6.01 Å². The summed E-state index contributed by atoms with van der Waals surface area (Å²) < 4.78 is 7.44. The number of hydrogen-bond donors (Lipinski definition) is 3. The van der Waals surface area contributed by atoms with Gasteiger partial charge in [0.15, 0.2) is 11.5 Å². The average molecular weight is 377 g/mol. The van der Waals surface area contributed by atoms with Crippen molar-refractivity contribution in [1.29, 1.82) is 0 Å². The number of piperidine rings is 1. The zero-order valence-corrected chi connectivity index (χ0v) is 16.5. The minimum atomic E-state index is -0.188. The quantitative estimate of drug-likeness (QED) is 0.580. The largest absolute Gasteiger partial charge is 0.460 e. The summed E-state index contributed by atoms with van der Waals surface area (Å²) in [5, 5.41) is 3.40. The van der Waals surface area contributed by atoms with Gasteiger partial charge in [-0.25, -0.2) is 4.79 Å². The average Bonchev–Trinajstić information content (AvgIpc) is 2.96. The Balaban J connectivity index is 1.67. The van der Waals surface area contributed by atoms with Crippen molar-refractivity contribution in [3.63, 3.8) is 0 Å².